The monoisotopic (exact) mass is 365 g/mol. The molecule has 0 aliphatic heterocycles. The van der Waals surface area contributed by atoms with Crippen LogP contribution in [0.15, 0.2) is 85.1 Å². The van der Waals surface area contributed by atoms with Crippen molar-refractivity contribution in [1.29, 1.82) is 5.26 Å². The normalized spacial score (nSPS) is 11.7. The predicted molar refractivity (Wildman–Crippen MR) is 111 cm³/mol. The fraction of sp³-hybridized carbons (Fsp3) is 0.0833. The number of nitrogens with zero attached hydrogens (tertiary/aromatic N) is 1. The highest BCUT2D eigenvalue weighted by Crippen LogP contribution is 2.29. The van der Waals surface area contributed by atoms with Crippen LogP contribution < -0.4 is 5.32 Å². The molecule has 3 aromatic carbocycles. The molecule has 0 fully saturated rings. The van der Waals surface area contributed by atoms with E-state index in [0.717, 1.165) is 27.7 Å². The number of nitriles is 1. The number of H-pyrrole nitrogens is 1. The SMILES string of the molecule is N#CCc1ccccc1NC(C(=O)c1c[nH]c2ccccc12)c1ccccc1. The zero-order valence-corrected chi connectivity index (χ0v) is 15.2. The van der Waals surface area contributed by atoms with Gasteiger partial charge in [0, 0.05) is 28.4 Å². The first kappa shape index (κ1) is 17.6. The van der Waals surface area contributed by atoms with Crippen LogP contribution in [0, 0.1) is 11.3 Å². The van der Waals surface area contributed by atoms with Gasteiger partial charge in [0.25, 0.3) is 0 Å². The number of para-hydroxylation sites is 2. The molecule has 1 heterocycles. The second kappa shape index (κ2) is 7.81. The number of benzene rings is 3. The summed E-state index contributed by atoms with van der Waals surface area (Å²) in [5.74, 6) is -0.0181. The zero-order chi connectivity index (χ0) is 19.3. The molecule has 4 heteroatoms. The van der Waals surface area contributed by atoms with Crippen molar-refractivity contribution in [2.24, 2.45) is 0 Å². The van der Waals surface area contributed by atoms with Gasteiger partial charge in [-0.3, -0.25) is 4.79 Å². The van der Waals surface area contributed by atoms with E-state index < -0.39 is 6.04 Å². The first-order chi connectivity index (χ1) is 13.8. The second-order valence-corrected chi connectivity index (χ2v) is 6.59. The molecule has 1 aromatic heterocycles. The minimum absolute atomic E-state index is 0.0181. The van der Waals surface area contributed by atoms with Crippen LogP contribution >= 0.6 is 0 Å². The van der Waals surface area contributed by atoms with Crippen molar-refractivity contribution in [3.63, 3.8) is 0 Å². The molecule has 0 saturated heterocycles. The molecule has 0 saturated carbocycles. The van der Waals surface area contributed by atoms with Crippen LogP contribution in [0.25, 0.3) is 10.9 Å². The number of nitrogens with one attached hydrogen (secondary N) is 2. The summed E-state index contributed by atoms with van der Waals surface area (Å²) >= 11 is 0. The van der Waals surface area contributed by atoms with Gasteiger partial charge in [0.1, 0.15) is 6.04 Å². The Balaban J connectivity index is 1.77. The van der Waals surface area contributed by atoms with Gasteiger partial charge in [-0.2, -0.15) is 5.26 Å². The van der Waals surface area contributed by atoms with Gasteiger partial charge in [-0.05, 0) is 23.3 Å². The summed E-state index contributed by atoms with van der Waals surface area (Å²) < 4.78 is 0. The van der Waals surface area contributed by atoms with E-state index in [-0.39, 0.29) is 12.2 Å². The Hall–Kier alpha value is -3.84. The Labute approximate surface area is 163 Å². The highest BCUT2D eigenvalue weighted by atomic mass is 16.1. The van der Waals surface area contributed by atoms with Crippen molar-refractivity contribution >= 4 is 22.4 Å². The maximum atomic E-state index is 13.5. The summed E-state index contributed by atoms with van der Waals surface area (Å²) in [4.78, 5) is 16.7. The third-order valence-corrected chi connectivity index (χ3v) is 4.84. The van der Waals surface area contributed by atoms with Crippen LogP contribution in [0.5, 0.6) is 0 Å². The van der Waals surface area contributed by atoms with Crippen LogP contribution in [0.3, 0.4) is 0 Å². The molecule has 0 radical (unpaired) electrons. The largest absolute Gasteiger partial charge is 0.371 e. The first-order valence-corrected chi connectivity index (χ1v) is 9.14. The second-order valence-electron chi connectivity index (χ2n) is 6.59. The van der Waals surface area contributed by atoms with E-state index in [9.17, 15) is 4.79 Å². The number of aromatic amines is 1. The summed E-state index contributed by atoms with van der Waals surface area (Å²) in [6, 6.07) is 26.7. The lowest BCUT2D eigenvalue weighted by Crippen LogP contribution is -2.21. The Bertz CT molecular complexity index is 1160. The number of fused-ring (bicyclic) bond motifs is 1. The van der Waals surface area contributed by atoms with Crippen molar-refractivity contribution in [3.05, 3.63) is 102 Å². The minimum atomic E-state index is -0.555. The van der Waals surface area contributed by atoms with Crippen molar-refractivity contribution in [1.82, 2.24) is 4.98 Å². The molecular weight excluding hydrogens is 346 g/mol. The van der Waals surface area contributed by atoms with Crippen molar-refractivity contribution in [2.75, 3.05) is 5.32 Å². The number of rotatable bonds is 6. The summed E-state index contributed by atoms with van der Waals surface area (Å²) in [5.41, 5.74) is 4.13. The summed E-state index contributed by atoms with van der Waals surface area (Å²) in [5, 5.41) is 13.4. The van der Waals surface area contributed by atoms with Gasteiger partial charge in [0.05, 0.1) is 12.5 Å². The molecule has 0 bridgehead atoms. The molecule has 0 amide bonds. The highest BCUT2D eigenvalue weighted by Gasteiger charge is 2.25. The average Bonchev–Trinajstić information content (AvgIpc) is 3.18. The number of Topliss-reactive ketones (excluding diaryl/α,β-unsaturated/α-hetero) is 1. The predicted octanol–water partition coefficient (Wildman–Crippen LogP) is 5.27. The quantitative estimate of drug-likeness (QED) is 0.457. The van der Waals surface area contributed by atoms with Gasteiger partial charge in [0.15, 0.2) is 5.78 Å². The van der Waals surface area contributed by atoms with Crippen LogP contribution in [-0.2, 0) is 6.42 Å². The van der Waals surface area contributed by atoms with Crippen LogP contribution in [0.1, 0.15) is 27.5 Å². The van der Waals surface area contributed by atoms with Crippen molar-refractivity contribution < 1.29 is 4.79 Å². The lowest BCUT2D eigenvalue weighted by molar-refractivity contribution is 0.0971. The molecule has 0 spiro atoms. The Morgan fingerprint density at radius 3 is 2.50 bits per heavy atom. The zero-order valence-electron chi connectivity index (χ0n) is 15.2. The molecule has 4 aromatic rings. The third-order valence-electron chi connectivity index (χ3n) is 4.84. The Morgan fingerprint density at radius 2 is 1.68 bits per heavy atom. The van der Waals surface area contributed by atoms with E-state index >= 15 is 0 Å². The van der Waals surface area contributed by atoms with E-state index in [4.69, 9.17) is 5.26 Å². The number of hydrogen-bond acceptors (Lipinski definition) is 3. The lowest BCUT2D eigenvalue weighted by atomic mass is 9.96. The third kappa shape index (κ3) is 3.38. The molecule has 28 heavy (non-hydrogen) atoms. The number of ketones is 1. The number of hydrogen-bond donors (Lipinski definition) is 2. The van der Waals surface area contributed by atoms with E-state index in [1.54, 1.807) is 6.20 Å². The first-order valence-electron chi connectivity index (χ1n) is 9.14. The van der Waals surface area contributed by atoms with Gasteiger partial charge >= 0.3 is 0 Å². The molecule has 1 atom stereocenters. The molecule has 136 valence electrons. The summed E-state index contributed by atoms with van der Waals surface area (Å²) in [6.07, 6.45) is 2.05. The van der Waals surface area contributed by atoms with Crippen LogP contribution in [0.2, 0.25) is 0 Å². The van der Waals surface area contributed by atoms with E-state index in [2.05, 4.69) is 16.4 Å². The number of aromatic nitrogens is 1. The smallest absolute Gasteiger partial charge is 0.191 e. The average molecular weight is 365 g/mol. The summed E-state index contributed by atoms with van der Waals surface area (Å²) in [7, 11) is 0. The molecular formula is C24H19N3O. The van der Waals surface area contributed by atoms with Crippen molar-refractivity contribution in [2.45, 2.75) is 12.5 Å². The van der Waals surface area contributed by atoms with Gasteiger partial charge in [-0.1, -0.05) is 66.7 Å². The van der Waals surface area contributed by atoms with Gasteiger partial charge < -0.3 is 10.3 Å². The topological polar surface area (TPSA) is 68.7 Å². The van der Waals surface area contributed by atoms with E-state index in [1.165, 1.54) is 0 Å². The van der Waals surface area contributed by atoms with Gasteiger partial charge in [-0.15, -0.1) is 0 Å². The van der Waals surface area contributed by atoms with Crippen LogP contribution in [-0.4, -0.2) is 10.8 Å². The molecule has 1 unspecified atom stereocenters. The molecule has 0 aliphatic rings. The maximum Gasteiger partial charge on any atom is 0.191 e. The fourth-order valence-electron chi connectivity index (χ4n) is 3.43. The Morgan fingerprint density at radius 1 is 0.964 bits per heavy atom. The number of anilines is 1. The van der Waals surface area contributed by atoms with Gasteiger partial charge in [0.2, 0.25) is 0 Å². The van der Waals surface area contributed by atoms with E-state index in [1.807, 2.05) is 78.9 Å². The fourth-order valence-corrected chi connectivity index (χ4v) is 3.43. The number of carbonyl (C=O) groups excluding carboxylic acids is 1. The van der Waals surface area contributed by atoms with Crippen LogP contribution in [0.4, 0.5) is 5.69 Å². The van der Waals surface area contributed by atoms with Crippen molar-refractivity contribution in [3.8, 4) is 6.07 Å². The standard InChI is InChI=1S/C24H19N3O/c25-15-14-17-8-4-6-12-21(17)27-23(18-9-2-1-3-10-18)24(28)20-16-26-22-13-7-5-11-19(20)22/h1-13,16,23,26-27H,14H2. The highest BCUT2D eigenvalue weighted by molar-refractivity contribution is 6.11. The van der Waals surface area contributed by atoms with Gasteiger partial charge in [-0.25, -0.2) is 0 Å². The minimum Gasteiger partial charge on any atom is -0.371 e. The molecule has 4 rings (SSSR count). The summed E-state index contributed by atoms with van der Waals surface area (Å²) in [6.45, 7) is 0. The molecule has 2 N–H and O–H groups in total. The number of carbonyl (C=O) groups is 1. The molecule has 0 aliphatic carbocycles. The maximum absolute atomic E-state index is 13.5. The Kier molecular flexibility index (Phi) is 4.90. The van der Waals surface area contributed by atoms with E-state index in [0.29, 0.717) is 5.56 Å². The molecule has 4 nitrogen and oxygen atoms in total. The lowest BCUT2D eigenvalue weighted by Gasteiger charge is -2.21.